The second kappa shape index (κ2) is 9.86. The van der Waals surface area contributed by atoms with E-state index in [1.165, 1.54) is 5.56 Å². The van der Waals surface area contributed by atoms with E-state index in [-0.39, 0.29) is 30.7 Å². The number of aryl methyl sites for hydroxylation is 1. The minimum atomic E-state index is 0. The summed E-state index contributed by atoms with van der Waals surface area (Å²) in [6, 6.07) is 8.11. The van der Waals surface area contributed by atoms with Crippen LogP contribution >= 0.6 is 24.8 Å². The molecule has 1 aromatic carbocycles. The van der Waals surface area contributed by atoms with Crippen LogP contribution in [0.2, 0.25) is 0 Å². The quantitative estimate of drug-likeness (QED) is 0.751. The Kier molecular flexibility index (Phi) is 9.38. The van der Waals surface area contributed by atoms with Crippen LogP contribution in [-0.4, -0.2) is 32.1 Å². The number of carbonyl (C=O) groups is 1. The first kappa shape index (κ1) is 19.0. The maximum Gasteiger partial charge on any atom is 0.221 e. The summed E-state index contributed by atoms with van der Waals surface area (Å²) in [6.07, 6.45) is 0.522. The number of hydrogen-bond donors (Lipinski definition) is 3. The van der Waals surface area contributed by atoms with E-state index in [1.54, 1.807) is 0 Å². The number of amides is 1. The van der Waals surface area contributed by atoms with Crippen LogP contribution in [0, 0.1) is 12.8 Å². The van der Waals surface area contributed by atoms with Crippen LogP contribution < -0.4 is 16.0 Å². The highest BCUT2D eigenvalue weighted by Crippen LogP contribution is 2.12. The number of anilines is 1. The van der Waals surface area contributed by atoms with Crippen molar-refractivity contribution in [1.29, 1.82) is 0 Å². The van der Waals surface area contributed by atoms with E-state index < -0.39 is 0 Å². The highest BCUT2D eigenvalue weighted by Gasteiger charge is 2.16. The Bertz CT molecular complexity index is 411. The van der Waals surface area contributed by atoms with Gasteiger partial charge in [0.05, 0.1) is 0 Å². The Morgan fingerprint density at radius 1 is 1.30 bits per heavy atom. The summed E-state index contributed by atoms with van der Waals surface area (Å²) in [6.45, 7) is 5.60. The van der Waals surface area contributed by atoms with Crippen molar-refractivity contribution in [2.24, 2.45) is 5.92 Å². The molecular weight excluding hydrogens is 297 g/mol. The minimum Gasteiger partial charge on any atom is -0.384 e. The fourth-order valence-corrected chi connectivity index (χ4v) is 1.92. The molecule has 0 atom stereocenters. The predicted molar refractivity (Wildman–Crippen MR) is 88.2 cm³/mol. The lowest BCUT2D eigenvalue weighted by Crippen LogP contribution is -2.48. The molecule has 0 unspecified atom stereocenters. The summed E-state index contributed by atoms with van der Waals surface area (Å²) in [7, 11) is 0. The number of carbonyl (C=O) groups excluding carboxylic acids is 1. The first-order valence-corrected chi connectivity index (χ1v) is 6.52. The van der Waals surface area contributed by atoms with Gasteiger partial charge in [0, 0.05) is 44.2 Å². The SMILES string of the molecule is Cc1ccccc1NCCC(=O)NCC1CNC1.Cl.Cl. The van der Waals surface area contributed by atoms with Gasteiger partial charge in [0.15, 0.2) is 0 Å². The van der Waals surface area contributed by atoms with Gasteiger partial charge in [0.25, 0.3) is 0 Å². The van der Waals surface area contributed by atoms with E-state index >= 15 is 0 Å². The van der Waals surface area contributed by atoms with Crippen molar-refractivity contribution in [3.05, 3.63) is 29.8 Å². The molecule has 2 rings (SSSR count). The lowest BCUT2D eigenvalue weighted by molar-refractivity contribution is -0.121. The van der Waals surface area contributed by atoms with Gasteiger partial charge in [0.2, 0.25) is 5.91 Å². The van der Waals surface area contributed by atoms with Crippen molar-refractivity contribution in [2.75, 3.05) is 31.5 Å². The summed E-state index contributed by atoms with van der Waals surface area (Å²) in [5.74, 6) is 0.751. The van der Waals surface area contributed by atoms with E-state index in [1.807, 2.05) is 18.2 Å². The van der Waals surface area contributed by atoms with Crippen molar-refractivity contribution in [3.8, 4) is 0 Å². The van der Waals surface area contributed by atoms with Crippen LogP contribution in [0.5, 0.6) is 0 Å². The Labute approximate surface area is 132 Å². The Morgan fingerprint density at radius 3 is 2.60 bits per heavy atom. The molecule has 114 valence electrons. The van der Waals surface area contributed by atoms with E-state index in [4.69, 9.17) is 0 Å². The number of rotatable bonds is 6. The number of para-hydroxylation sites is 1. The summed E-state index contributed by atoms with van der Waals surface area (Å²) in [5, 5.41) is 9.45. The Hall–Kier alpha value is -0.970. The van der Waals surface area contributed by atoms with Gasteiger partial charge in [-0.15, -0.1) is 24.8 Å². The van der Waals surface area contributed by atoms with Crippen LogP contribution in [0.15, 0.2) is 24.3 Å². The molecule has 6 heteroatoms. The summed E-state index contributed by atoms with van der Waals surface area (Å²) in [4.78, 5) is 11.6. The predicted octanol–water partition coefficient (Wildman–Crippen LogP) is 1.98. The molecule has 1 aliphatic heterocycles. The lowest BCUT2D eigenvalue weighted by atomic mass is 10.0. The van der Waals surface area contributed by atoms with Gasteiger partial charge in [-0.25, -0.2) is 0 Å². The first-order valence-electron chi connectivity index (χ1n) is 6.52. The fraction of sp³-hybridized carbons (Fsp3) is 0.500. The smallest absolute Gasteiger partial charge is 0.221 e. The molecule has 1 amide bonds. The standard InChI is InChI=1S/C14H21N3O.2ClH/c1-11-4-2-3-5-13(11)16-7-6-14(18)17-10-12-8-15-9-12;;/h2-5,12,15-16H,6-10H2,1H3,(H,17,18);2*1H. The Morgan fingerprint density at radius 2 is 2.00 bits per heavy atom. The average Bonchev–Trinajstić information content (AvgIpc) is 2.30. The molecule has 0 radical (unpaired) electrons. The van der Waals surface area contributed by atoms with Gasteiger partial charge in [-0.05, 0) is 18.6 Å². The molecule has 0 bridgehead atoms. The second-order valence-corrected chi connectivity index (χ2v) is 4.82. The van der Waals surface area contributed by atoms with Gasteiger partial charge in [0.1, 0.15) is 0 Å². The van der Waals surface area contributed by atoms with Crippen LogP contribution in [0.25, 0.3) is 0 Å². The zero-order valence-electron chi connectivity index (χ0n) is 11.6. The first-order chi connectivity index (χ1) is 8.75. The molecule has 1 saturated heterocycles. The molecule has 3 N–H and O–H groups in total. The molecule has 1 fully saturated rings. The zero-order valence-corrected chi connectivity index (χ0v) is 13.3. The third kappa shape index (κ3) is 5.99. The molecule has 0 aliphatic carbocycles. The van der Waals surface area contributed by atoms with Gasteiger partial charge in [-0.3, -0.25) is 4.79 Å². The van der Waals surface area contributed by atoms with Crippen LogP contribution in [0.4, 0.5) is 5.69 Å². The third-order valence-electron chi connectivity index (χ3n) is 3.27. The van der Waals surface area contributed by atoms with Crippen molar-refractivity contribution < 1.29 is 4.79 Å². The monoisotopic (exact) mass is 319 g/mol. The lowest BCUT2D eigenvalue weighted by Gasteiger charge is -2.27. The molecule has 0 aromatic heterocycles. The molecule has 0 spiro atoms. The largest absolute Gasteiger partial charge is 0.384 e. The van der Waals surface area contributed by atoms with Crippen LogP contribution in [-0.2, 0) is 4.79 Å². The molecule has 4 nitrogen and oxygen atoms in total. The average molecular weight is 320 g/mol. The molecular formula is C14H23Cl2N3O. The molecule has 1 aliphatic rings. The summed E-state index contributed by atoms with van der Waals surface area (Å²) < 4.78 is 0. The van der Waals surface area contributed by atoms with E-state index in [9.17, 15) is 4.79 Å². The Balaban J connectivity index is 0.00000180. The van der Waals surface area contributed by atoms with E-state index in [2.05, 4.69) is 28.9 Å². The zero-order chi connectivity index (χ0) is 12.8. The van der Waals surface area contributed by atoms with Gasteiger partial charge >= 0.3 is 0 Å². The maximum absolute atomic E-state index is 11.6. The van der Waals surface area contributed by atoms with Gasteiger partial charge < -0.3 is 16.0 Å². The molecule has 20 heavy (non-hydrogen) atoms. The minimum absolute atomic E-state index is 0. The number of hydrogen-bond acceptors (Lipinski definition) is 3. The van der Waals surface area contributed by atoms with Gasteiger partial charge in [-0.1, -0.05) is 18.2 Å². The van der Waals surface area contributed by atoms with Crippen molar-refractivity contribution in [2.45, 2.75) is 13.3 Å². The van der Waals surface area contributed by atoms with E-state index in [0.29, 0.717) is 18.9 Å². The number of nitrogens with one attached hydrogen (secondary N) is 3. The van der Waals surface area contributed by atoms with Crippen molar-refractivity contribution >= 4 is 36.4 Å². The number of halogens is 2. The highest BCUT2D eigenvalue weighted by atomic mass is 35.5. The highest BCUT2D eigenvalue weighted by molar-refractivity contribution is 5.85. The van der Waals surface area contributed by atoms with Gasteiger partial charge in [-0.2, -0.15) is 0 Å². The second-order valence-electron chi connectivity index (χ2n) is 4.82. The molecule has 1 heterocycles. The summed E-state index contributed by atoms with van der Waals surface area (Å²) >= 11 is 0. The van der Waals surface area contributed by atoms with Crippen LogP contribution in [0.3, 0.4) is 0 Å². The normalized spacial score (nSPS) is 13.4. The topological polar surface area (TPSA) is 53.2 Å². The molecule has 1 aromatic rings. The maximum atomic E-state index is 11.6. The van der Waals surface area contributed by atoms with E-state index in [0.717, 1.165) is 25.3 Å². The van der Waals surface area contributed by atoms with Crippen molar-refractivity contribution in [3.63, 3.8) is 0 Å². The van der Waals surface area contributed by atoms with Crippen molar-refractivity contribution in [1.82, 2.24) is 10.6 Å². The molecule has 0 saturated carbocycles. The summed E-state index contributed by atoms with van der Waals surface area (Å²) in [5.41, 5.74) is 2.31. The third-order valence-corrected chi connectivity index (χ3v) is 3.27. The number of benzene rings is 1. The fourth-order valence-electron chi connectivity index (χ4n) is 1.92. The van der Waals surface area contributed by atoms with Crippen LogP contribution in [0.1, 0.15) is 12.0 Å².